The number of hydrogen-bond donors (Lipinski definition) is 1. The van der Waals surface area contributed by atoms with E-state index in [1.807, 2.05) is 54.6 Å². The maximum Gasteiger partial charge on any atom is 0.217 e. The van der Waals surface area contributed by atoms with Crippen molar-refractivity contribution in [3.05, 3.63) is 123 Å². The van der Waals surface area contributed by atoms with Gasteiger partial charge in [0.15, 0.2) is 0 Å². The number of aromatic nitrogens is 1. The van der Waals surface area contributed by atoms with Gasteiger partial charge in [0.1, 0.15) is 11.3 Å². The van der Waals surface area contributed by atoms with E-state index < -0.39 is 12.4 Å². The average molecular weight is 736 g/mol. The smallest absolute Gasteiger partial charge is 0.217 e. The monoisotopic (exact) mass is 735 g/mol. The molecule has 1 aromatic heterocycles. The number of nitrogens with zero attached hydrogens (tertiary/aromatic N) is 3. The Bertz CT molecular complexity index is 1960. The van der Waals surface area contributed by atoms with E-state index in [9.17, 15) is 7.85 Å². The van der Waals surface area contributed by atoms with Crippen LogP contribution in [0.1, 0.15) is 53.3 Å². The van der Waals surface area contributed by atoms with Gasteiger partial charge in [-0.25, -0.2) is 4.98 Å². The number of anilines is 1. The quantitative estimate of drug-likeness (QED) is 0.190. The van der Waals surface area contributed by atoms with Gasteiger partial charge in [0.25, 0.3) is 0 Å². The minimum absolute atomic E-state index is 0. The molecular weight excluding hydrogens is 701 g/mol. The fourth-order valence-electron chi connectivity index (χ4n) is 6.21. The number of benzene rings is 4. The number of fused-ring (bicyclic) bond motifs is 4. The first-order chi connectivity index (χ1) is 20.6. The second-order valence-electron chi connectivity index (χ2n) is 10.9. The molecular formula is C36H32N3O2Pt-. The fraction of sp³-hybridized carbons (Fsp3) is 0.222. The van der Waals surface area contributed by atoms with Gasteiger partial charge in [0.05, 0.1) is 17.9 Å². The van der Waals surface area contributed by atoms with Gasteiger partial charge < -0.3 is 19.7 Å². The summed E-state index contributed by atoms with van der Waals surface area (Å²) in [6.07, 6.45) is -1.64. The Kier molecular flexibility index (Phi) is 6.56. The van der Waals surface area contributed by atoms with E-state index in [-0.39, 0.29) is 32.9 Å². The van der Waals surface area contributed by atoms with Crippen LogP contribution in [0.5, 0.6) is 17.4 Å². The molecule has 0 radical (unpaired) electrons. The standard InChI is InChI=1S/C36H32N3O2.Pt/c1-20-21(2)23(4)34(24(5)22(20)3)39-35-29-14-7-6-10-26(29)19-30(35)37-36(39)27-12-8-13-28(18-27)41-32-17-16-25-11-9-15-31(40)33(25)38-32;/h6-17,30,35,40H,19H2,1-5H3;/q-1;/t30-,35+;/m0./s1/i19D2;. The number of ether oxygens (including phenoxy) is 1. The SMILES string of the molecule is [2H]C1([2H])c2ccccc2[C@@H]2[C@H]1N=C(c1[c-]c(Oc3ccc4cccc(O)c4n3)ccc1)N2c1c(C)c(C)c(C)c(C)c1C.[Pt]. The van der Waals surface area contributed by atoms with Gasteiger partial charge >= 0.3 is 0 Å². The molecule has 0 fully saturated rings. The van der Waals surface area contributed by atoms with Crippen molar-refractivity contribution in [3.63, 3.8) is 0 Å². The van der Waals surface area contributed by atoms with E-state index >= 15 is 0 Å². The maximum absolute atomic E-state index is 10.3. The summed E-state index contributed by atoms with van der Waals surface area (Å²) in [6, 6.07) is 24.8. The van der Waals surface area contributed by atoms with Crippen LogP contribution in [0.4, 0.5) is 5.69 Å². The van der Waals surface area contributed by atoms with Crippen molar-refractivity contribution < 1.29 is 33.7 Å². The summed E-state index contributed by atoms with van der Waals surface area (Å²) in [6.45, 7) is 10.8. The first-order valence-electron chi connectivity index (χ1n) is 14.9. The predicted octanol–water partition coefficient (Wildman–Crippen LogP) is 8.01. The Balaban J connectivity index is 0.00000343. The third kappa shape index (κ3) is 4.42. The van der Waals surface area contributed by atoms with Crippen LogP contribution in [0, 0.1) is 40.7 Å². The molecule has 42 heavy (non-hydrogen) atoms. The molecule has 0 amide bonds. The van der Waals surface area contributed by atoms with Gasteiger partial charge in [-0.05, 0) is 92.1 Å². The third-order valence-corrected chi connectivity index (χ3v) is 8.75. The summed E-state index contributed by atoms with van der Waals surface area (Å²) < 4.78 is 24.5. The maximum atomic E-state index is 10.3. The van der Waals surface area contributed by atoms with Gasteiger partial charge in [-0.2, -0.15) is 0 Å². The molecule has 2 aliphatic rings. The zero-order valence-electron chi connectivity index (χ0n) is 26.1. The molecule has 0 spiro atoms. The van der Waals surface area contributed by atoms with E-state index in [0.29, 0.717) is 34.1 Å². The third-order valence-electron chi connectivity index (χ3n) is 8.75. The largest absolute Gasteiger partial charge is 0.506 e. The van der Waals surface area contributed by atoms with Gasteiger partial charge in [-0.15, -0.1) is 23.8 Å². The van der Waals surface area contributed by atoms with E-state index in [1.54, 1.807) is 18.2 Å². The van der Waals surface area contributed by atoms with Crippen LogP contribution in [-0.4, -0.2) is 22.0 Å². The number of phenolic OH excluding ortho intramolecular Hbond substituents is 1. The number of phenols is 1. The normalized spacial score (nSPS) is 19.0. The number of aliphatic imine (C=N–C) groups is 1. The molecule has 214 valence electrons. The fourth-order valence-corrected chi connectivity index (χ4v) is 6.21. The van der Waals surface area contributed by atoms with Gasteiger partial charge in [0, 0.05) is 46.7 Å². The van der Waals surface area contributed by atoms with Crippen molar-refractivity contribution in [3.8, 4) is 17.4 Å². The second kappa shape index (κ2) is 10.7. The molecule has 0 unspecified atom stereocenters. The van der Waals surface area contributed by atoms with Crippen LogP contribution < -0.4 is 9.64 Å². The number of pyridine rings is 1. The van der Waals surface area contributed by atoms with Gasteiger partial charge in [-0.3, -0.25) is 0 Å². The van der Waals surface area contributed by atoms with E-state index in [1.165, 1.54) is 16.7 Å². The van der Waals surface area contributed by atoms with Crippen LogP contribution in [-0.2, 0) is 27.4 Å². The molecule has 2 atom stereocenters. The minimum Gasteiger partial charge on any atom is -0.506 e. The number of hydrogen-bond acceptors (Lipinski definition) is 5. The molecule has 1 aliphatic carbocycles. The summed E-state index contributed by atoms with van der Waals surface area (Å²) >= 11 is 0. The summed E-state index contributed by atoms with van der Waals surface area (Å²) in [5.74, 6) is 1.54. The first kappa shape index (κ1) is 25.7. The molecule has 1 N–H and O–H groups in total. The Hall–Kier alpha value is -3.95. The zero-order valence-corrected chi connectivity index (χ0v) is 26.4. The van der Waals surface area contributed by atoms with Gasteiger partial charge in [0.2, 0.25) is 5.88 Å². The van der Waals surface area contributed by atoms with E-state index in [2.05, 4.69) is 50.6 Å². The number of para-hydroxylation sites is 1. The van der Waals surface area contributed by atoms with Crippen molar-refractivity contribution in [1.29, 1.82) is 0 Å². The Morgan fingerprint density at radius 1 is 0.857 bits per heavy atom. The van der Waals surface area contributed by atoms with E-state index in [4.69, 9.17) is 9.73 Å². The average Bonchev–Trinajstić information content (AvgIpc) is 3.50. The van der Waals surface area contributed by atoms with Crippen molar-refractivity contribution in [1.82, 2.24) is 4.98 Å². The molecule has 4 aromatic carbocycles. The molecule has 5 nitrogen and oxygen atoms in total. The number of rotatable bonds is 4. The molecule has 5 aromatic rings. The molecule has 6 heteroatoms. The number of amidine groups is 1. The Morgan fingerprint density at radius 2 is 1.57 bits per heavy atom. The summed E-state index contributed by atoms with van der Waals surface area (Å²) in [5.41, 5.74) is 9.92. The van der Waals surface area contributed by atoms with Crippen LogP contribution in [0.2, 0.25) is 0 Å². The van der Waals surface area contributed by atoms with Crippen molar-refractivity contribution >= 4 is 22.4 Å². The van der Waals surface area contributed by atoms with Gasteiger partial charge in [-0.1, -0.05) is 42.5 Å². The van der Waals surface area contributed by atoms with Crippen molar-refractivity contribution in [2.45, 2.75) is 53.1 Å². The zero-order chi connectivity index (χ0) is 30.2. The molecule has 0 bridgehead atoms. The predicted molar refractivity (Wildman–Crippen MR) is 165 cm³/mol. The number of aromatic hydroxyl groups is 1. The molecule has 7 rings (SSSR count). The Labute approximate surface area is 264 Å². The van der Waals surface area contributed by atoms with Crippen LogP contribution in [0.25, 0.3) is 10.9 Å². The topological polar surface area (TPSA) is 58.0 Å². The van der Waals surface area contributed by atoms with E-state index in [0.717, 1.165) is 27.8 Å². The summed E-state index contributed by atoms with van der Waals surface area (Å²) in [4.78, 5) is 11.9. The van der Waals surface area contributed by atoms with Crippen molar-refractivity contribution in [2.75, 3.05) is 4.90 Å². The van der Waals surface area contributed by atoms with Crippen LogP contribution in [0.15, 0.2) is 77.8 Å². The second-order valence-corrected chi connectivity index (χ2v) is 10.9. The molecule has 2 heterocycles. The van der Waals surface area contributed by atoms with Crippen molar-refractivity contribution in [2.24, 2.45) is 4.99 Å². The first-order valence-corrected chi connectivity index (χ1v) is 13.9. The summed E-state index contributed by atoms with van der Waals surface area (Å²) in [7, 11) is 0. The van der Waals surface area contributed by atoms with Crippen LogP contribution in [0.3, 0.4) is 0 Å². The Morgan fingerprint density at radius 3 is 2.36 bits per heavy atom. The molecule has 0 saturated heterocycles. The summed E-state index contributed by atoms with van der Waals surface area (Å²) in [5, 5.41) is 11.1. The van der Waals surface area contributed by atoms with Crippen LogP contribution >= 0.6 is 0 Å². The minimum atomic E-state index is -1.64. The molecule has 0 saturated carbocycles. The molecule has 1 aliphatic heterocycles.